The number of amides is 1. The number of anilines is 1. The average Bonchev–Trinajstić information content (AvgIpc) is 3.58. The third-order valence-corrected chi connectivity index (χ3v) is 7.70. The van der Waals surface area contributed by atoms with Crippen LogP contribution in [-0.2, 0) is 11.2 Å². The van der Waals surface area contributed by atoms with Crippen molar-refractivity contribution in [3.63, 3.8) is 0 Å². The smallest absolute Gasteiger partial charge is 0.223 e. The molecule has 0 spiro atoms. The van der Waals surface area contributed by atoms with E-state index >= 15 is 0 Å². The van der Waals surface area contributed by atoms with Gasteiger partial charge in [0.15, 0.2) is 5.82 Å². The van der Waals surface area contributed by atoms with Gasteiger partial charge in [0.2, 0.25) is 5.91 Å². The molecule has 4 aromatic rings. The molecular formula is C25H25N5OS2. The van der Waals surface area contributed by atoms with Gasteiger partial charge < -0.3 is 10.2 Å². The highest BCUT2D eigenvalue weighted by Gasteiger charge is 2.25. The van der Waals surface area contributed by atoms with E-state index in [-0.39, 0.29) is 11.8 Å². The van der Waals surface area contributed by atoms with Crippen molar-refractivity contribution in [3.05, 3.63) is 71.1 Å². The van der Waals surface area contributed by atoms with E-state index in [4.69, 9.17) is 4.98 Å². The zero-order valence-corrected chi connectivity index (χ0v) is 19.8. The molecule has 1 fully saturated rings. The van der Waals surface area contributed by atoms with Crippen LogP contribution >= 0.6 is 22.7 Å². The van der Waals surface area contributed by atoms with E-state index in [1.165, 1.54) is 0 Å². The number of hydrogen-bond acceptors (Lipinski definition) is 7. The molecule has 6 nitrogen and oxygen atoms in total. The van der Waals surface area contributed by atoms with Crippen molar-refractivity contribution < 1.29 is 4.79 Å². The summed E-state index contributed by atoms with van der Waals surface area (Å²) in [7, 11) is 0. The third-order valence-electron chi connectivity index (χ3n) is 5.87. The number of nitrogens with one attached hydrogen (secondary N) is 1. The van der Waals surface area contributed by atoms with Crippen molar-refractivity contribution in [2.75, 3.05) is 24.5 Å². The normalized spacial score (nSPS) is 14.4. The molecule has 168 valence electrons. The fourth-order valence-corrected chi connectivity index (χ4v) is 5.56. The average molecular weight is 476 g/mol. The summed E-state index contributed by atoms with van der Waals surface area (Å²) in [5.41, 5.74) is 3.06. The molecule has 1 amide bonds. The zero-order valence-electron chi connectivity index (χ0n) is 18.2. The van der Waals surface area contributed by atoms with Crippen LogP contribution in [0.15, 0.2) is 65.4 Å². The van der Waals surface area contributed by atoms with E-state index in [0.717, 1.165) is 65.0 Å². The van der Waals surface area contributed by atoms with Crippen molar-refractivity contribution in [2.24, 2.45) is 5.92 Å². The number of carbonyl (C=O) groups is 1. The van der Waals surface area contributed by atoms with Crippen LogP contribution in [0.25, 0.3) is 21.1 Å². The SMILES string of the molecule is O=C(NCCc1csc(-c2ccccc2)n1)C1CCN(c2ccc(-c3cccs3)nn2)CC1. The Hall–Kier alpha value is -3.10. The van der Waals surface area contributed by atoms with Gasteiger partial charge in [0, 0.05) is 42.9 Å². The number of benzene rings is 1. The lowest BCUT2D eigenvalue weighted by atomic mass is 9.96. The number of piperidine rings is 1. The van der Waals surface area contributed by atoms with Crippen LogP contribution in [0.4, 0.5) is 5.82 Å². The minimum atomic E-state index is 0.0508. The molecule has 4 heterocycles. The van der Waals surface area contributed by atoms with Gasteiger partial charge in [-0.25, -0.2) is 4.98 Å². The van der Waals surface area contributed by atoms with E-state index in [2.05, 4.69) is 44.0 Å². The first-order chi connectivity index (χ1) is 16.3. The molecule has 1 aliphatic heterocycles. The van der Waals surface area contributed by atoms with Crippen molar-refractivity contribution in [2.45, 2.75) is 19.3 Å². The zero-order chi connectivity index (χ0) is 22.5. The fourth-order valence-electron chi connectivity index (χ4n) is 4.01. The molecule has 0 aliphatic carbocycles. The van der Waals surface area contributed by atoms with Crippen LogP contribution in [0.3, 0.4) is 0 Å². The molecule has 1 N–H and O–H groups in total. The lowest BCUT2D eigenvalue weighted by Crippen LogP contribution is -2.41. The van der Waals surface area contributed by atoms with Crippen molar-refractivity contribution in [1.29, 1.82) is 0 Å². The number of thiophene rings is 1. The highest BCUT2D eigenvalue weighted by Crippen LogP contribution is 2.26. The maximum absolute atomic E-state index is 12.7. The Bertz CT molecular complexity index is 1170. The van der Waals surface area contributed by atoms with Crippen molar-refractivity contribution >= 4 is 34.4 Å². The summed E-state index contributed by atoms with van der Waals surface area (Å²) >= 11 is 3.31. The Morgan fingerprint density at radius 1 is 1.00 bits per heavy atom. The van der Waals surface area contributed by atoms with Crippen LogP contribution in [0.2, 0.25) is 0 Å². The van der Waals surface area contributed by atoms with Crippen molar-refractivity contribution in [3.8, 4) is 21.1 Å². The summed E-state index contributed by atoms with van der Waals surface area (Å²) in [5.74, 6) is 1.08. The van der Waals surface area contributed by atoms with Crippen LogP contribution in [0.1, 0.15) is 18.5 Å². The lowest BCUT2D eigenvalue weighted by molar-refractivity contribution is -0.125. The molecule has 5 rings (SSSR count). The van der Waals surface area contributed by atoms with E-state index < -0.39 is 0 Å². The van der Waals surface area contributed by atoms with Gasteiger partial charge in [0.1, 0.15) is 10.7 Å². The molecule has 1 saturated heterocycles. The molecular weight excluding hydrogens is 450 g/mol. The first-order valence-corrected chi connectivity index (χ1v) is 12.9. The minimum Gasteiger partial charge on any atom is -0.355 e. The standard InChI is InChI=1S/C25H25N5OS2/c31-24(26-13-10-20-17-33-25(27-20)19-5-2-1-3-6-19)18-11-14-30(15-12-18)23-9-8-21(28-29-23)22-7-4-16-32-22/h1-9,16-18H,10-15H2,(H,26,31). The molecule has 0 bridgehead atoms. The van der Waals surface area contributed by atoms with Crippen LogP contribution in [0.5, 0.6) is 0 Å². The van der Waals surface area contributed by atoms with Crippen molar-refractivity contribution in [1.82, 2.24) is 20.5 Å². The molecule has 8 heteroatoms. The van der Waals surface area contributed by atoms with Crippen LogP contribution in [0, 0.1) is 5.92 Å². The van der Waals surface area contributed by atoms with Gasteiger partial charge in [-0.05, 0) is 36.4 Å². The summed E-state index contributed by atoms with van der Waals surface area (Å²) in [6.45, 7) is 2.25. The largest absolute Gasteiger partial charge is 0.355 e. The van der Waals surface area contributed by atoms with E-state index in [9.17, 15) is 4.79 Å². The Morgan fingerprint density at radius 3 is 2.58 bits per heavy atom. The van der Waals surface area contributed by atoms with E-state index in [1.807, 2.05) is 41.8 Å². The number of hydrogen-bond donors (Lipinski definition) is 1. The van der Waals surface area contributed by atoms with Gasteiger partial charge in [-0.15, -0.1) is 32.9 Å². The third kappa shape index (κ3) is 5.29. The Labute approximate surface area is 201 Å². The summed E-state index contributed by atoms with van der Waals surface area (Å²) in [6, 6.07) is 18.3. The minimum absolute atomic E-state index is 0.0508. The molecule has 3 aromatic heterocycles. The van der Waals surface area contributed by atoms with Gasteiger partial charge in [0.05, 0.1) is 10.6 Å². The second-order valence-electron chi connectivity index (χ2n) is 8.07. The summed E-state index contributed by atoms with van der Waals surface area (Å²) < 4.78 is 0. The van der Waals surface area contributed by atoms with Gasteiger partial charge in [-0.2, -0.15) is 0 Å². The topological polar surface area (TPSA) is 71.0 Å². The number of thiazole rings is 1. The molecule has 1 aromatic carbocycles. The number of rotatable bonds is 7. The maximum atomic E-state index is 12.7. The Balaban J connectivity index is 1.07. The molecule has 0 saturated carbocycles. The van der Waals surface area contributed by atoms with Gasteiger partial charge in [-0.1, -0.05) is 36.4 Å². The second-order valence-corrected chi connectivity index (χ2v) is 9.87. The molecule has 0 unspecified atom stereocenters. The summed E-state index contributed by atoms with van der Waals surface area (Å²) in [6.07, 6.45) is 2.41. The first-order valence-electron chi connectivity index (χ1n) is 11.2. The second kappa shape index (κ2) is 10.2. The lowest BCUT2D eigenvalue weighted by Gasteiger charge is -2.31. The van der Waals surface area contributed by atoms with Gasteiger partial charge in [-0.3, -0.25) is 4.79 Å². The number of aromatic nitrogens is 3. The quantitative estimate of drug-likeness (QED) is 0.411. The fraction of sp³-hybridized carbons (Fsp3) is 0.280. The monoisotopic (exact) mass is 475 g/mol. The maximum Gasteiger partial charge on any atom is 0.223 e. The molecule has 33 heavy (non-hydrogen) atoms. The number of carbonyl (C=O) groups excluding carboxylic acids is 1. The predicted molar refractivity (Wildman–Crippen MR) is 135 cm³/mol. The van der Waals surface area contributed by atoms with Crippen LogP contribution in [-0.4, -0.2) is 40.7 Å². The Morgan fingerprint density at radius 2 is 1.85 bits per heavy atom. The number of nitrogens with zero attached hydrogens (tertiary/aromatic N) is 4. The highest BCUT2D eigenvalue weighted by molar-refractivity contribution is 7.13. The predicted octanol–water partition coefficient (Wildman–Crippen LogP) is 4.90. The van der Waals surface area contributed by atoms with Gasteiger partial charge in [0.25, 0.3) is 0 Å². The van der Waals surface area contributed by atoms with E-state index in [1.54, 1.807) is 22.7 Å². The summed E-state index contributed by atoms with van der Waals surface area (Å²) in [5, 5.41) is 17.0. The molecule has 1 aliphatic rings. The molecule has 0 atom stereocenters. The Kier molecular flexibility index (Phi) is 6.73. The molecule has 0 radical (unpaired) electrons. The summed E-state index contributed by atoms with van der Waals surface area (Å²) in [4.78, 5) is 20.7. The first kappa shape index (κ1) is 21.7. The van der Waals surface area contributed by atoms with E-state index in [0.29, 0.717) is 6.54 Å². The van der Waals surface area contributed by atoms with Crippen LogP contribution < -0.4 is 10.2 Å². The van der Waals surface area contributed by atoms with Gasteiger partial charge >= 0.3 is 0 Å². The highest BCUT2D eigenvalue weighted by atomic mass is 32.1.